The van der Waals surface area contributed by atoms with Crippen LogP contribution >= 0.6 is 11.3 Å². The van der Waals surface area contributed by atoms with Crippen LogP contribution in [0.15, 0.2) is 36.4 Å². The number of rotatable bonds is 3. The van der Waals surface area contributed by atoms with E-state index in [1.807, 2.05) is 12.1 Å². The number of anilines is 1. The van der Waals surface area contributed by atoms with Gasteiger partial charge < -0.3 is 19.6 Å². The number of amides is 1. The largest absolute Gasteiger partial charge is 0.506 e. The molecule has 0 saturated carbocycles. The first-order chi connectivity index (χ1) is 11.6. The third-order valence-corrected chi connectivity index (χ3v) is 5.05. The Bertz CT molecular complexity index is 751. The zero-order valence-corrected chi connectivity index (χ0v) is 14.1. The summed E-state index contributed by atoms with van der Waals surface area (Å²) in [5, 5.41) is 9.93. The number of esters is 1. The van der Waals surface area contributed by atoms with Gasteiger partial charge >= 0.3 is 5.97 Å². The summed E-state index contributed by atoms with van der Waals surface area (Å²) in [6.45, 7) is 2.44. The highest BCUT2D eigenvalue weighted by Crippen LogP contribution is 2.27. The maximum Gasteiger partial charge on any atom is 0.348 e. The fourth-order valence-electron chi connectivity index (χ4n) is 2.70. The highest BCUT2D eigenvalue weighted by molar-refractivity contribution is 7.15. The van der Waals surface area contributed by atoms with Crippen LogP contribution in [0.4, 0.5) is 5.69 Å². The molecule has 1 aliphatic rings. The molecule has 6 nitrogen and oxygen atoms in total. The van der Waals surface area contributed by atoms with Crippen LogP contribution in [0.3, 0.4) is 0 Å². The van der Waals surface area contributed by atoms with E-state index < -0.39 is 5.97 Å². The lowest BCUT2D eigenvalue weighted by Gasteiger charge is -2.36. The van der Waals surface area contributed by atoms with Crippen LogP contribution in [0.5, 0.6) is 5.75 Å². The van der Waals surface area contributed by atoms with Gasteiger partial charge in [-0.25, -0.2) is 4.79 Å². The molecule has 1 saturated heterocycles. The molecule has 0 spiro atoms. The second-order valence-electron chi connectivity index (χ2n) is 5.42. The predicted octanol–water partition coefficient (Wildman–Crippen LogP) is 2.20. The highest BCUT2D eigenvalue weighted by Gasteiger charge is 2.25. The zero-order valence-electron chi connectivity index (χ0n) is 13.3. The van der Waals surface area contributed by atoms with Gasteiger partial charge in [0.05, 0.1) is 17.7 Å². The molecule has 7 heteroatoms. The van der Waals surface area contributed by atoms with Gasteiger partial charge in [0, 0.05) is 26.2 Å². The normalized spacial score (nSPS) is 14.5. The summed E-state index contributed by atoms with van der Waals surface area (Å²) in [6.07, 6.45) is 0. The van der Waals surface area contributed by atoms with E-state index in [4.69, 9.17) is 0 Å². The van der Waals surface area contributed by atoms with E-state index >= 15 is 0 Å². The molecule has 2 heterocycles. The molecule has 24 heavy (non-hydrogen) atoms. The van der Waals surface area contributed by atoms with E-state index in [1.54, 1.807) is 29.2 Å². The Labute approximate surface area is 143 Å². The van der Waals surface area contributed by atoms with Crippen LogP contribution in [0.2, 0.25) is 0 Å². The summed E-state index contributed by atoms with van der Waals surface area (Å²) in [6, 6.07) is 10.5. The molecular formula is C17H18N2O4S. The molecule has 1 aromatic carbocycles. The monoisotopic (exact) mass is 346 g/mol. The van der Waals surface area contributed by atoms with Crippen LogP contribution in [0.25, 0.3) is 0 Å². The Hall–Kier alpha value is -2.54. The van der Waals surface area contributed by atoms with E-state index in [1.165, 1.54) is 7.11 Å². The molecule has 3 rings (SSSR count). The minimum Gasteiger partial charge on any atom is -0.506 e. The van der Waals surface area contributed by atoms with Crippen molar-refractivity contribution in [1.82, 2.24) is 4.90 Å². The van der Waals surface area contributed by atoms with E-state index in [9.17, 15) is 14.7 Å². The van der Waals surface area contributed by atoms with Crippen LogP contribution < -0.4 is 4.90 Å². The lowest BCUT2D eigenvalue weighted by molar-refractivity contribution is 0.0606. The minimum absolute atomic E-state index is 0.0768. The first kappa shape index (κ1) is 16.3. The number of ether oxygens (including phenoxy) is 1. The van der Waals surface area contributed by atoms with Crippen molar-refractivity contribution in [3.63, 3.8) is 0 Å². The van der Waals surface area contributed by atoms with Gasteiger partial charge in [0.1, 0.15) is 10.6 Å². The number of benzene rings is 1. The summed E-state index contributed by atoms with van der Waals surface area (Å²) in [4.78, 5) is 28.8. The maximum absolute atomic E-state index is 12.6. The van der Waals surface area contributed by atoms with Gasteiger partial charge in [-0.05, 0) is 24.3 Å². The van der Waals surface area contributed by atoms with Gasteiger partial charge in [-0.3, -0.25) is 4.79 Å². The number of thiophene rings is 1. The van der Waals surface area contributed by atoms with E-state index in [-0.39, 0.29) is 11.7 Å². The number of nitrogens with zero attached hydrogens (tertiary/aromatic N) is 2. The molecule has 1 aliphatic heterocycles. The van der Waals surface area contributed by atoms with Crippen LogP contribution in [0.1, 0.15) is 19.3 Å². The number of carbonyl (C=O) groups excluding carboxylic acids is 2. The van der Waals surface area contributed by atoms with Crippen molar-refractivity contribution < 1.29 is 19.4 Å². The topological polar surface area (TPSA) is 70.1 Å². The van der Waals surface area contributed by atoms with Crippen LogP contribution in [-0.4, -0.2) is 55.2 Å². The third kappa shape index (κ3) is 3.21. The van der Waals surface area contributed by atoms with Crippen molar-refractivity contribution in [2.24, 2.45) is 0 Å². The highest BCUT2D eigenvalue weighted by atomic mass is 32.1. The number of hydrogen-bond acceptors (Lipinski definition) is 6. The summed E-state index contributed by atoms with van der Waals surface area (Å²) in [5.74, 6) is -0.256. The van der Waals surface area contributed by atoms with Gasteiger partial charge in [-0.1, -0.05) is 12.1 Å². The van der Waals surface area contributed by atoms with E-state index in [2.05, 4.69) is 9.64 Å². The van der Waals surface area contributed by atoms with Gasteiger partial charge in [-0.15, -0.1) is 11.3 Å². The van der Waals surface area contributed by atoms with Gasteiger partial charge in [0.2, 0.25) is 0 Å². The molecular weight excluding hydrogens is 328 g/mol. The third-order valence-electron chi connectivity index (χ3n) is 3.99. The van der Waals surface area contributed by atoms with Crippen molar-refractivity contribution >= 4 is 28.9 Å². The van der Waals surface area contributed by atoms with Crippen molar-refractivity contribution in [3.8, 4) is 5.75 Å². The summed E-state index contributed by atoms with van der Waals surface area (Å²) < 4.78 is 4.67. The number of hydrogen-bond donors (Lipinski definition) is 1. The van der Waals surface area contributed by atoms with Crippen molar-refractivity contribution in [3.05, 3.63) is 46.2 Å². The maximum atomic E-state index is 12.6. The van der Waals surface area contributed by atoms with Gasteiger partial charge in [0.15, 0.2) is 0 Å². The van der Waals surface area contributed by atoms with Crippen molar-refractivity contribution in [1.29, 1.82) is 0 Å². The molecule has 126 valence electrons. The number of phenolic OH excluding ortho intramolecular Hbond substituents is 1. The van der Waals surface area contributed by atoms with Crippen LogP contribution in [0, 0.1) is 0 Å². The van der Waals surface area contributed by atoms with Crippen LogP contribution in [-0.2, 0) is 4.74 Å². The summed E-state index contributed by atoms with van der Waals surface area (Å²) in [7, 11) is 1.32. The smallest absolute Gasteiger partial charge is 0.348 e. The SMILES string of the molecule is COC(=O)c1ccc(C(=O)N2CCN(c3ccccc3O)CC2)s1. The quantitative estimate of drug-likeness (QED) is 0.863. The Morgan fingerprint density at radius 2 is 1.71 bits per heavy atom. The molecule has 0 atom stereocenters. The molecule has 2 aromatic rings. The van der Waals surface area contributed by atoms with E-state index in [0.717, 1.165) is 17.0 Å². The molecule has 0 radical (unpaired) electrons. The number of aromatic hydroxyl groups is 1. The number of piperazine rings is 1. The average Bonchev–Trinajstić information content (AvgIpc) is 3.11. The Kier molecular flexibility index (Phi) is 4.71. The second kappa shape index (κ2) is 6.92. The molecule has 1 fully saturated rings. The standard InChI is InChI=1S/C17H18N2O4S/c1-23-17(22)15-7-6-14(24-15)16(21)19-10-8-18(9-11-19)12-4-2-3-5-13(12)20/h2-7,20H,8-11H2,1H3. The molecule has 0 aliphatic carbocycles. The molecule has 1 amide bonds. The average molecular weight is 346 g/mol. The Morgan fingerprint density at radius 3 is 2.38 bits per heavy atom. The van der Waals surface area contributed by atoms with Gasteiger partial charge in [0.25, 0.3) is 5.91 Å². The fourth-order valence-corrected chi connectivity index (χ4v) is 3.59. The zero-order chi connectivity index (χ0) is 17.1. The number of methoxy groups -OCH3 is 1. The van der Waals surface area contributed by atoms with Gasteiger partial charge in [-0.2, -0.15) is 0 Å². The molecule has 0 unspecified atom stereocenters. The van der Waals surface area contributed by atoms with Crippen molar-refractivity contribution in [2.45, 2.75) is 0 Å². The number of carbonyl (C=O) groups is 2. The number of para-hydroxylation sites is 2. The first-order valence-electron chi connectivity index (χ1n) is 7.60. The summed E-state index contributed by atoms with van der Waals surface area (Å²) >= 11 is 1.15. The lowest BCUT2D eigenvalue weighted by atomic mass is 10.2. The Morgan fingerprint density at radius 1 is 1.04 bits per heavy atom. The number of phenols is 1. The minimum atomic E-state index is -0.427. The fraction of sp³-hybridized carbons (Fsp3) is 0.294. The lowest BCUT2D eigenvalue weighted by Crippen LogP contribution is -2.48. The summed E-state index contributed by atoms with van der Waals surface area (Å²) in [5.41, 5.74) is 0.786. The molecule has 1 aromatic heterocycles. The predicted molar refractivity (Wildman–Crippen MR) is 91.9 cm³/mol. The molecule has 1 N–H and O–H groups in total. The van der Waals surface area contributed by atoms with E-state index in [0.29, 0.717) is 35.9 Å². The second-order valence-corrected chi connectivity index (χ2v) is 6.51. The van der Waals surface area contributed by atoms with Crippen molar-refractivity contribution in [2.75, 3.05) is 38.2 Å². The Balaban J connectivity index is 1.64. The molecule has 0 bridgehead atoms. The first-order valence-corrected chi connectivity index (χ1v) is 8.42.